The van der Waals surface area contributed by atoms with Gasteiger partial charge in [-0.1, -0.05) is 35.5 Å². The summed E-state index contributed by atoms with van der Waals surface area (Å²) in [5.41, 5.74) is 8.44. The Morgan fingerprint density at radius 3 is 2.12 bits per heavy atom. The molecule has 1 amide bonds. The molecule has 0 heterocycles. The number of hydrogen-bond acceptors (Lipinski definition) is 7. The second-order valence-electron chi connectivity index (χ2n) is 7.30. The second-order valence-corrected chi connectivity index (χ2v) is 7.30. The van der Waals surface area contributed by atoms with E-state index in [-0.39, 0.29) is 11.7 Å². The fourth-order valence-electron chi connectivity index (χ4n) is 3.42. The third kappa shape index (κ3) is 5.69. The molecular formula is C25H28N4O5. The van der Waals surface area contributed by atoms with Crippen LogP contribution < -0.4 is 30.6 Å². The molecule has 0 fully saturated rings. The third-order valence-electron chi connectivity index (χ3n) is 5.19. The van der Waals surface area contributed by atoms with Gasteiger partial charge in [0.05, 0.1) is 21.3 Å². The highest BCUT2D eigenvalue weighted by Gasteiger charge is 2.24. The standard InChI is InChI=1S/C25H28N4O5/c1-32-20-13-18(14-21(33-2)23(20)34-3)22(25(30)27-15-16-7-5-4-6-8-16)28-19-11-9-17(10-12-19)24(26)29-31/h4-14,22,28,31H,15H2,1-3H3,(H2,26,29)(H,27,30)/t22-/m0/s1. The maximum Gasteiger partial charge on any atom is 0.247 e. The molecule has 34 heavy (non-hydrogen) atoms. The van der Waals surface area contributed by atoms with Gasteiger partial charge in [-0.15, -0.1) is 0 Å². The Morgan fingerprint density at radius 1 is 0.971 bits per heavy atom. The number of amidine groups is 1. The molecular weight excluding hydrogens is 436 g/mol. The molecule has 0 aliphatic carbocycles. The van der Waals surface area contributed by atoms with Crippen molar-refractivity contribution in [2.24, 2.45) is 10.9 Å². The van der Waals surface area contributed by atoms with E-state index < -0.39 is 6.04 Å². The quantitative estimate of drug-likeness (QED) is 0.157. The first kappa shape index (κ1) is 24.2. The fraction of sp³-hybridized carbons (Fsp3) is 0.200. The fourth-order valence-corrected chi connectivity index (χ4v) is 3.42. The Hall–Kier alpha value is -4.40. The molecule has 0 aliphatic rings. The molecule has 0 saturated heterocycles. The van der Waals surface area contributed by atoms with Gasteiger partial charge in [-0.05, 0) is 47.5 Å². The number of amides is 1. The van der Waals surface area contributed by atoms with Gasteiger partial charge < -0.3 is 35.8 Å². The summed E-state index contributed by atoms with van der Waals surface area (Å²) in [4.78, 5) is 13.3. The molecule has 9 nitrogen and oxygen atoms in total. The SMILES string of the molecule is COc1cc([C@H](Nc2ccc(C(N)=NO)cc2)C(=O)NCc2ccccc2)cc(OC)c1OC. The van der Waals surface area contributed by atoms with Crippen LogP contribution in [-0.4, -0.2) is 38.3 Å². The van der Waals surface area contributed by atoms with E-state index in [9.17, 15) is 4.79 Å². The van der Waals surface area contributed by atoms with Crippen molar-refractivity contribution in [3.8, 4) is 17.2 Å². The highest BCUT2D eigenvalue weighted by atomic mass is 16.5. The summed E-state index contributed by atoms with van der Waals surface area (Å²) in [5, 5.41) is 18.1. The number of nitrogens with one attached hydrogen (secondary N) is 2. The number of methoxy groups -OCH3 is 3. The van der Waals surface area contributed by atoms with E-state index in [0.717, 1.165) is 5.56 Å². The summed E-state index contributed by atoms with van der Waals surface area (Å²) >= 11 is 0. The Kier molecular flexibility index (Phi) is 8.17. The summed E-state index contributed by atoms with van der Waals surface area (Å²) in [6.07, 6.45) is 0. The first-order valence-corrected chi connectivity index (χ1v) is 10.5. The van der Waals surface area contributed by atoms with Gasteiger partial charge in [0.25, 0.3) is 0 Å². The molecule has 0 bridgehead atoms. The number of carbonyl (C=O) groups is 1. The van der Waals surface area contributed by atoms with E-state index in [1.165, 1.54) is 21.3 Å². The van der Waals surface area contributed by atoms with Crippen molar-refractivity contribution in [2.75, 3.05) is 26.6 Å². The molecule has 3 aromatic carbocycles. The molecule has 178 valence electrons. The smallest absolute Gasteiger partial charge is 0.247 e. The predicted octanol–water partition coefficient (Wildman–Crippen LogP) is 3.28. The molecule has 0 unspecified atom stereocenters. The van der Waals surface area contributed by atoms with Crippen molar-refractivity contribution >= 4 is 17.4 Å². The molecule has 3 rings (SSSR count). The normalized spacial score (nSPS) is 11.9. The van der Waals surface area contributed by atoms with E-state index in [4.69, 9.17) is 25.2 Å². The van der Waals surface area contributed by atoms with Crippen molar-refractivity contribution in [3.63, 3.8) is 0 Å². The van der Waals surface area contributed by atoms with Gasteiger partial charge in [0, 0.05) is 17.8 Å². The van der Waals surface area contributed by atoms with Crippen LogP contribution in [0.25, 0.3) is 0 Å². The van der Waals surface area contributed by atoms with Gasteiger partial charge in [-0.2, -0.15) is 0 Å². The average molecular weight is 465 g/mol. The lowest BCUT2D eigenvalue weighted by Crippen LogP contribution is -2.33. The van der Waals surface area contributed by atoms with E-state index in [2.05, 4.69) is 15.8 Å². The van der Waals surface area contributed by atoms with Crippen LogP contribution in [0.3, 0.4) is 0 Å². The minimum absolute atomic E-state index is 0.00617. The molecule has 0 aliphatic heterocycles. The van der Waals surface area contributed by atoms with Gasteiger partial charge in [-0.3, -0.25) is 4.79 Å². The van der Waals surface area contributed by atoms with E-state index in [0.29, 0.717) is 40.6 Å². The number of nitrogens with zero attached hydrogens (tertiary/aromatic N) is 1. The number of ether oxygens (including phenoxy) is 3. The Morgan fingerprint density at radius 2 is 1.59 bits per heavy atom. The van der Waals surface area contributed by atoms with Gasteiger partial charge in [0.1, 0.15) is 6.04 Å². The van der Waals surface area contributed by atoms with Crippen LogP contribution in [0, 0.1) is 0 Å². The summed E-state index contributed by atoms with van der Waals surface area (Å²) in [7, 11) is 4.56. The molecule has 0 aromatic heterocycles. The van der Waals surface area contributed by atoms with Crippen molar-refractivity contribution in [1.82, 2.24) is 5.32 Å². The van der Waals surface area contributed by atoms with Gasteiger partial charge in [-0.25, -0.2) is 0 Å². The number of benzene rings is 3. The Labute approximate surface area is 198 Å². The van der Waals surface area contributed by atoms with E-state index >= 15 is 0 Å². The van der Waals surface area contributed by atoms with Crippen LogP contribution >= 0.6 is 0 Å². The lowest BCUT2D eigenvalue weighted by Gasteiger charge is -2.22. The zero-order chi connectivity index (χ0) is 24.5. The highest BCUT2D eigenvalue weighted by Crippen LogP contribution is 2.40. The lowest BCUT2D eigenvalue weighted by molar-refractivity contribution is -0.122. The number of nitrogens with two attached hydrogens (primary N) is 1. The number of carbonyl (C=O) groups excluding carboxylic acids is 1. The zero-order valence-corrected chi connectivity index (χ0v) is 19.2. The van der Waals surface area contributed by atoms with Crippen LogP contribution in [0.1, 0.15) is 22.7 Å². The number of anilines is 1. The number of hydrogen-bond donors (Lipinski definition) is 4. The van der Waals surface area contributed by atoms with Crippen molar-refractivity contribution < 1.29 is 24.2 Å². The van der Waals surface area contributed by atoms with Crippen LogP contribution in [-0.2, 0) is 11.3 Å². The summed E-state index contributed by atoms with van der Waals surface area (Å²) in [6, 6.07) is 19.2. The first-order chi connectivity index (χ1) is 16.5. The minimum atomic E-state index is -0.785. The molecule has 1 atom stereocenters. The highest BCUT2D eigenvalue weighted by molar-refractivity contribution is 5.97. The molecule has 0 saturated carbocycles. The number of rotatable bonds is 10. The Bertz CT molecular complexity index is 1110. The van der Waals surface area contributed by atoms with E-state index in [1.807, 2.05) is 30.3 Å². The second kappa shape index (κ2) is 11.5. The molecule has 3 aromatic rings. The summed E-state index contributed by atoms with van der Waals surface area (Å²) in [5.74, 6) is 1.04. The van der Waals surface area contributed by atoms with E-state index in [1.54, 1.807) is 36.4 Å². The Balaban J connectivity index is 1.95. The molecule has 0 radical (unpaired) electrons. The van der Waals surface area contributed by atoms with Crippen LogP contribution in [0.2, 0.25) is 0 Å². The van der Waals surface area contributed by atoms with Gasteiger partial charge in [0.2, 0.25) is 11.7 Å². The van der Waals surface area contributed by atoms with Crippen LogP contribution in [0.15, 0.2) is 71.9 Å². The van der Waals surface area contributed by atoms with Crippen LogP contribution in [0.4, 0.5) is 5.69 Å². The molecule has 9 heteroatoms. The topological polar surface area (TPSA) is 127 Å². The molecule has 0 spiro atoms. The van der Waals surface area contributed by atoms with Crippen molar-refractivity contribution in [2.45, 2.75) is 12.6 Å². The predicted molar refractivity (Wildman–Crippen MR) is 130 cm³/mol. The average Bonchev–Trinajstić information content (AvgIpc) is 2.89. The monoisotopic (exact) mass is 464 g/mol. The third-order valence-corrected chi connectivity index (χ3v) is 5.19. The maximum atomic E-state index is 13.3. The van der Waals surface area contributed by atoms with Crippen molar-refractivity contribution in [3.05, 3.63) is 83.4 Å². The largest absolute Gasteiger partial charge is 0.493 e. The zero-order valence-electron chi connectivity index (χ0n) is 19.2. The van der Waals surface area contributed by atoms with Gasteiger partial charge >= 0.3 is 0 Å². The summed E-state index contributed by atoms with van der Waals surface area (Å²) < 4.78 is 16.3. The minimum Gasteiger partial charge on any atom is -0.493 e. The first-order valence-electron chi connectivity index (χ1n) is 10.5. The molecule has 5 N–H and O–H groups in total. The summed E-state index contributed by atoms with van der Waals surface area (Å²) in [6.45, 7) is 0.366. The van der Waals surface area contributed by atoms with Crippen molar-refractivity contribution in [1.29, 1.82) is 0 Å². The maximum absolute atomic E-state index is 13.3. The lowest BCUT2D eigenvalue weighted by atomic mass is 10.0. The number of oxime groups is 1. The van der Waals surface area contributed by atoms with Gasteiger partial charge in [0.15, 0.2) is 17.3 Å². The van der Waals surface area contributed by atoms with Crippen LogP contribution in [0.5, 0.6) is 17.2 Å².